The topological polar surface area (TPSA) is 69.2 Å². The minimum Gasteiger partial charge on any atom is -0.497 e. The number of thioether (sulfide) groups is 1. The second kappa shape index (κ2) is 10.7. The van der Waals surface area contributed by atoms with E-state index in [1.807, 2.05) is 67.6 Å². The summed E-state index contributed by atoms with van der Waals surface area (Å²) in [7, 11) is 3.24. The molecule has 3 aromatic rings. The van der Waals surface area contributed by atoms with Gasteiger partial charge in [-0.15, -0.1) is 0 Å². The Bertz CT molecular complexity index is 1270. The van der Waals surface area contributed by atoms with Crippen molar-refractivity contribution in [2.45, 2.75) is 13.5 Å². The van der Waals surface area contributed by atoms with Crippen LogP contribution in [0.5, 0.6) is 17.2 Å². The average molecular weight is 495 g/mol. The Hall–Kier alpha value is -3.42. The third kappa shape index (κ3) is 5.73. The molecule has 0 atom stereocenters. The van der Waals surface area contributed by atoms with Gasteiger partial charge in [0.1, 0.15) is 23.9 Å². The lowest BCUT2D eigenvalue weighted by Gasteiger charge is -2.12. The predicted octanol–water partition coefficient (Wildman–Crippen LogP) is 6.14. The van der Waals surface area contributed by atoms with Crippen LogP contribution in [0.1, 0.15) is 16.7 Å². The number of rotatable bonds is 7. The van der Waals surface area contributed by atoms with Crippen molar-refractivity contribution in [3.63, 3.8) is 0 Å². The monoisotopic (exact) mass is 494 g/mol. The molecule has 4 rings (SSSR count). The molecule has 174 valence electrons. The van der Waals surface area contributed by atoms with E-state index in [4.69, 9.17) is 25.8 Å². The van der Waals surface area contributed by atoms with Gasteiger partial charge >= 0.3 is 0 Å². The molecule has 0 saturated carbocycles. The fraction of sp³-hybridized carbons (Fsp3) is 0.154. The van der Waals surface area contributed by atoms with Gasteiger partial charge in [0, 0.05) is 10.6 Å². The number of methoxy groups -OCH3 is 2. The van der Waals surface area contributed by atoms with Gasteiger partial charge in [-0.2, -0.15) is 0 Å². The summed E-state index contributed by atoms with van der Waals surface area (Å²) in [6.07, 6.45) is 1.82. The molecule has 3 aromatic carbocycles. The van der Waals surface area contributed by atoms with Gasteiger partial charge < -0.3 is 19.5 Å². The Morgan fingerprint density at radius 2 is 1.76 bits per heavy atom. The first-order chi connectivity index (χ1) is 16.4. The maximum absolute atomic E-state index is 12.4. The van der Waals surface area contributed by atoms with Crippen molar-refractivity contribution >= 4 is 46.2 Å². The lowest BCUT2D eigenvalue weighted by molar-refractivity contribution is -0.115. The first kappa shape index (κ1) is 23.7. The van der Waals surface area contributed by atoms with Crippen LogP contribution in [0.15, 0.2) is 70.6 Å². The number of nitrogens with zero attached hydrogens (tertiary/aromatic N) is 1. The first-order valence-electron chi connectivity index (χ1n) is 10.4. The number of amidine groups is 1. The summed E-state index contributed by atoms with van der Waals surface area (Å²) in [5.41, 5.74) is 3.43. The number of hydrogen-bond acceptors (Lipinski definition) is 6. The van der Waals surface area contributed by atoms with Gasteiger partial charge in [0.2, 0.25) is 0 Å². The van der Waals surface area contributed by atoms with E-state index in [2.05, 4.69) is 10.3 Å². The second-order valence-electron chi connectivity index (χ2n) is 7.45. The van der Waals surface area contributed by atoms with E-state index >= 15 is 0 Å². The standard InChI is InChI=1S/C26H23ClN2O4S/c1-16-4-7-19(14-22(16)27)28-26-29-25(30)24(34-26)12-17-5-8-20(9-6-17)33-15-18-13-21(31-2)10-11-23(18)32-3/h4-14H,15H2,1-3H3,(H,28,29,30)/b24-12-. The van der Waals surface area contributed by atoms with Gasteiger partial charge in [-0.3, -0.25) is 4.79 Å². The molecule has 1 N–H and O–H groups in total. The average Bonchev–Trinajstić information content (AvgIpc) is 3.19. The number of carbonyl (C=O) groups excluding carboxylic acids is 1. The molecule has 1 amide bonds. The van der Waals surface area contributed by atoms with Crippen molar-refractivity contribution in [2.75, 3.05) is 14.2 Å². The molecule has 1 aliphatic rings. The number of hydrogen-bond donors (Lipinski definition) is 1. The van der Waals surface area contributed by atoms with E-state index in [9.17, 15) is 4.79 Å². The van der Waals surface area contributed by atoms with E-state index in [-0.39, 0.29) is 5.91 Å². The predicted molar refractivity (Wildman–Crippen MR) is 137 cm³/mol. The van der Waals surface area contributed by atoms with Gasteiger partial charge in [0.05, 0.1) is 24.8 Å². The van der Waals surface area contributed by atoms with Gasteiger partial charge in [-0.05, 0) is 78.4 Å². The molecule has 0 aromatic heterocycles. The maximum Gasteiger partial charge on any atom is 0.264 e. The lowest BCUT2D eigenvalue weighted by atomic mass is 10.2. The van der Waals surface area contributed by atoms with E-state index in [1.54, 1.807) is 20.3 Å². The molecule has 34 heavy (non-hydrogen) atoms. The number of aryl methyl sites for hydroxylation is 1. The number of benzene rings is 3. The molecule has 8 heteroatoms. The molecule has 0 bridgehead atoms. The summed E-state index contributed by atoms with van der Waals surface area (Å²) >= 11 is 7.45. The summed E-state index contributed by atoms with van der Waals surface area (Å²) in [6.45, 7) is 2.26. The third-order valence-corrected chi connectivity index (χ3v) is 6.41. The SMILES string of the molecule is COc1ccc(OC)c(COc2ccc(/C=C3\SC(=Nc4ccc(C)c(Cl)c4)NC3=O)cc2)c1. The lowest BCUT2D eigenvalue weighted by Crippen LogP contribution is -2.19. The van der Waals surface area contributed by atoms with Gasteiger partial charge in [0.15, 0.2) is 5.17 Å². The minimum absolute atomic E-state index is 0.188. The zero-order valence-electron chi connectivity index (χ0n) is 18.9. The van der Waals surface area contributed by atoms with Crippen molar-refractivity contribution in [2.24, 2.45) is 4.99 Å². The minimum atomic E-state index is -0.188. The Morgan fingerprint density at radius 3 is 2.47 bits per heavy atom. The van der Waals surface area contributed by atoms with Crippen LogP contribution in [-0.2, 0) is 11.4 Å². The number of halogens is 1. The van der Waals surface area contributed by atoms with Gasteiger partial charge in [-0.25, -0.2) is 4.99 Å². The Morgan fingerprint density at radius 1 is 1.00 bits per heavy atom. The van der Waals surface area contributed by atoms with Crippen LogP contribution in [0.2, 0.25) is 5.02 Å². The van der Waals surface area contributed by atoms with Crippen molar-refractivity contribution in [1.82, 2.24) is 5.32 Å². The molecule has 1 fully saturated rings. The molecular weight excluding hydrogens is 472 g/mol. The number of amides is 1. The fourth-order valence-corrected chi connectivity index (χ4v) is 4.23. The number of ether oxygens (including phenoxy) is 3. The molecule has 0 aliphatic carbocycles. The largest absolute Gasteiger partial charge is 0.497 e. The van der Waals surface area contributed by atoms with Crippen LogP contribution < -0.4 is 19.5 Å². The van der Waals surface area contributed by atoms with Crippen LogP contribution in [0, 0.1) is 6.92 Å². The number of aliphatic imine (C=N–C) groups is 1. The van der Waals surface area contributed by atoms with Crippen LogP contribution in [0.3, 0.4) is 0 Å². The molecule has 1 aliphatic heterocycles. The van der Waals surface area contributed by atoms with Crippen LogP contribution in [0.25, 0.3) is 6.08 Å². The van der Waals surface area contributed by atoms with Crippen molar-refractivity contribution in [3.8, 4) is 17.2 Å². The summed E-state index contributed by atoms with van der Waals surface area (Å²) in [5, 5.41) is 3.95. The second-order valence-corrected chi connectivity index (χ2v) is 8.89. The van der Waals surface area contributed by atoms with Crippen molar-refractivity contribution < 1.29 is 19.0 Å². The van der Waals surface area contributed by atoms with E-state index < -0.39 is 0 Å². The normalized spacial score (nSPS) is 15.5. The maximum atomic E-state index is 12.4. The number of carbonyl (C=O) groups is 1. The summed E-state index contributed by atoms with van der Waals surface area (Å²) in [4.78, 5) is 17.4. The Kier molecular flexibility index (Phi) is 7.45. The smallest absolute Gasteiger partial charge is 0.264 e. The molecule has 0 radical (unpaired) electrons. The van der Waals surface area contributed by atoms with E-state index in [0.29, 0.717) is 33.1 Å². The molecule has 6 nitrogen and oxygen atoms in total. The van der Waals surface area contributed by atoms with E-state index in [0.717, 1.165) is 28.2 Å². The molecular formula is C26H23ClN2O4S. The van der Waals surface area contributed by atoms with Crippen molar-refractivity contribution in [1.29, 1.82) is 0 Å². The highest BCUT2D eigenvalue weighted by Gasteiger charge is 2.23. The Labute approximate surface area is 207 Å². The van der Waals surface area contributed by atoms with E-state index in [1.165, 1.54) is 11.8 Å². The highest BCUT2D eigenvalue weighted by Crippen LogP contribution is 2.30. The van der Waals surface area contributed by atoms with Crippen LogP contribution in [0.4, 0.5) is 5.69 Å². The first-order valence-corrected chi connectivity index (χ1v) is 11.6. The quantitative estimate of drug-likeness (QED) is 0.400. The zero-order valence-corrected chi connectivity index (χ0v) is 20.5. The summed E-state index contributed by atoms with van der Waals surface area (Å²) < 4.78 is 16.6. The summed E-state index contributed by atoms with van der Waals surface area (Å²) in [5.74, 6) is 1.99. The molecule has 0 spiro atoms. The molecule has 1 saturated heterocycles. The zero-order chi connectivity index (χ0) is 24.1. The van der Waals surface area contributed by atoms with Crippen LogP contribution >= 0.6 is 23.4 Å². The third-order valence-electron chi connectivity index (χ3n) is 5.10. The van der Waals surface area contributed by atoms with Gasteiger partial charge in [0.25, 0.3) is 5.91 Å². The number of nitrogens with one attached hydrogen (secondary N) is 1. The summed E-state index contributed by atoms with van der Waals surface area (Å²) in [6, 6.07) is 18.6. The fourth-order valence-electron chi connectivity index (χ4n) is 3.22. The van der Waals surface area contributed by atoms with Crippen LogP contribution in [-0.4, -0.2) is 25.3 Å². The highest BCUT2D eigenvalue weighted by atomic mass is 35.5. The highest BCUT2D eigenvalue weighted by molar-refractivity contribution is 8.18. The molecule has 1 heterocycles. The molecule has 0 unspecified atom stereocenters. The Balaban J connectivity index is 1.42. The van der Waals surface area contributed by atoms with Crippen molar-refractivity contribution in [3.05, 3.63) is 87.3 Å². The van der Waals surface area contributed by atoms with Gasteiger partial charge in [-0.1, -0.05) is 29.8 Å².